The highest BCUT2D eigenvalue weighted by Crippen LogP contribution is 2.36. The van der Waals surface area contributed by atoms with E-state index in [1.807, 2.05) is 60.7 Å². The molecule has 0 aliphatic carbocycles. The van der Waals surface area contributed by atoms with Crippen molar-refractivity contribution in [2.24, 2.45) is 0 Å². The van der Waals surface area contributed by atoms with Gasteiger partial charge < -0.3 is 5.32 Å². The maximum absolute atomic E-state index is 13.4. The first-order valence-electron chi connectivity index (χ1n) is 11.8. The van der Waals surface area contributed by atoms with Gasteiger partial charge in [0.25, 0.3) is 5.91 Å². The molecule has 0 radical (unpaired) electrons. The lowest BCUT2D eigenvalue weighted by Gasteiger charge is -2.40. The Kier molecular flexibility index (Phi) is 8.11. The van der Waals surface area contributed by atoms with Crippen molar-refractivity contribution in [2.75, 3.05) is 13.1 Å². The number of nitrogens with zero attached hydrogens (tertiary/aromatic N) is 2. The summed E-state index contributed by atoms with van der Waals surface area (Å²) >= 11 is 6.02. The monoisotopic (exact) mass is 513 g/mol. The zero-order valence-electron chi connectivity index (χ0n) is 19.6. The van der Waals surface area contributed by atoms with E-state index >= 15 is 0 Å². The number of halogens is 4. The molecule has 2 atom stereocenters. The number of hydrogen-bond acceptors (Lipinski definition) is 3. The van der Waals surface area contributed by atoms with E-state index in [9.17, 15) is 18.0 Å². The molecule has 4 rings (SSSR count). The summed E-state index contributed by atoms with van der Waals surface area (Å²) in [5.74, 6) is -0.745. The van der Waals surface area contributed by atoms with Crippen molar-refractivity contribution in [2.45, 2.75) is 37.5 Å². The lowest BCUT2D eigenvalue weighted by molar-refractivity contribution is -0.137. The molecule has 0 saturated carbocycles. The van der Waals surface area contributed by atoms with Crippen molar-refractivity contribution in [3.8, 4) is 11.1 Å². The standard InChI is InChI=1S/C28H27ClF3N3O/c1-2-16-35-17-7-6-13-23(35)25(21-12-8-11-20(18-21)19-9-4-3-5-10-19)34-27(36)26-24(29)22(14-15-33-26)28(30,31)32/h2-5,8-12,14-15,18,23,25H,1,6-7,13,16-17H2,(H,34,36)/t23-,25?/m0/s1. The van der Waals surface area contributed by atoms with Crippen LogP contribution in [0.25, 0.3) is 11.1 Å². The number of aromatic nitrogens is 1. The summed E-state index contributed by atoms with van der Waals surface area (Å²) < 4.78 is 40.2. The third kappa shape index (κ3) is 5.79. The Morgan fingerprint density at radius 2 is 1.89 bits per heavy atom. The number of likely N-dealkylation sites (tertiary alicyclic amines) is 1. The van der Waals surface area contributed by atoms with Crippen LogP contribution >= 0.6 is 11.6 Å². The molecule has 2 aromatic carbocycles. The van der Waals surface area contributed by atoms with E-state index in [-0.39, 0.29) is 6.04 Å². The Bertz CT molecular complexity index is 1220. The minimum Gasteiger partial charge on any atom is -0.342 e. The first-order chi connectivity index (χ1) is 17.3. The van der Waals surface area contributed by atoms with Gasteiger partial charge in [-0.25, -0.2) is 4.98 Å². The van der Waals surface area contributed by atoms with Gasteiger partial charge in [0.2, 0.25) is 0 Å². The van der Waals surface area contributed by atoms with Gasteiger partial charge in [-0.2, -0.15) is 13.2 Å². The molecule has 36 heavy (non-hydrogen) atoms. The number of rotatable bonds is 7. The van der Waals surface area contributed by atoms with Crippen LogP contribution in [0.5, 0.6) is 0 Å². The predicted molar refractivity (Wildman–Crippen MR) is 136 cm³/mol. The quantitative estimate of drug-likeness (QED) is 0.348. The topological polar surface area (TPSA) is 45.2 Å². The number of hydrogen-bond donors (Lipinski definition) is 1. The molecular formula is C28H27ClF3N3O. The molecule has 188 valence electrons. The molecule has 2 heterocycles. The Morgan fingerprint density at radius 3 is 2.61 bits per heavy atom. The van der Waals surface area contributed by atoms with Crippen molar-refractivity contribution >= 4 is 17.5 Å². The van der Waals surface area contributed by atoms with Gasteiger partial charge in [-0.15, -0.1) is 6.58 Å². The smallest absolute Gasteiger partial charge is 0.342 e. The number of carbonyl (C=O) groups excluding carboxylic acids is 1. The summed E-state index contributed by atoms with van der Waals surface area (Å²) in [4.78, 5) is 19.5. The normalized spacial score (nSPS) is 17.4. The van der Waals surface area contributed by atoms with Gasteiger partial charge in [0.1, 0.15) is 5.69 Å². The second-order valence-corrected chi connectivity index (χ2v) is 9.19. The molecule has 1 aliphatic heterocycles. The third-order valence-corrected chi connectivity index (χ3v) is 6.84. The highest BCUT2D eigenvalue weighted by atomic mass is 35.5. The van der Waals surface area contributed by atoms with E-state index in [1.54, 1.807) is 0 Å². The molecule has 1 amide bonds. The van der Waals surface area contributed by atoms with E-state index in [0.717, 1.165) is 54.8 Å². The van der Waals surface area contributed by atoms with Crippen molar-refractivity contribution in [1.29, 1.82) is 0 Å². The predicted octanol–water partition coefficient (Wildman–Crippen LogP) is 6.93. The summed E-state index contributed by atoms with van der Waals surface area (Å²) in [6.07, 6.45) is 0.907. The summed E-state index contributed by atoms with van der Waals surface area (Å²) in [6, 6.07) is 17.9. The SMILES string of the molecule is C=CCN1CCCC[C@H]1C(NC(=O)c1nccc(C(F)(F)F)c1Cl)c1cccc(-c2ccccc2)c1. The largest absolute Gasteiger partial charge is 0.417 e. The first kappa shape index (κ1) is 25.9. The second-order valence-electron chi connectivity index (χ2n) is 8.81. The molecule has 3 aromatic rings. The molecule has 0 bridgehead atoms. The number of alkyl halides is 3. The van der Waals surface area contributed by atoms with Gasteiger partial charge in [-0.1, -0.05) is 72.6 Å². The van der Waals surface area contributed by atoms with E-state index in [4.69, 9.17) is 11.6 Å². The van der Waals surface area contributed by atoms with Crippen LogP contribution in [-0.4, -0.2) is 34.9 Å². The maximum atomic E-state index is 13.4. The van der Waals surface area contributed by atoms with Crippen molar-refractivity contribution in [3.05, 3.63) is 101 Å². The first-order valence-corrected chi connectivity index (χ1v) is 12.2. The van der Waals surface area contributed by atoms with Crippen molar-refractivity contribution in [1.82, 2.24) is 15.2 Å². The molecule has 8 heteroatoms. The molecule has 1 aromatic heterocycles. The van der Waals surface area contributed by atoms with Crippen LogP contribution in [0.3, 0.4) is 0 Å². The Morgan fingerprint density at radius 1 is 1.14 bits per heavy atom. The molecule has 1 aliphatic rings. The summed E-state index contributed by atoms with van der Waals surface area (Å²) in [5.41, 5.74) is 1.33. The van der Waals surface area contributed by atoms with E-state index < -0.39 is 34.4 Å². The number of amides is 1. The fourth-order valence-electron chi connectivity index (χ4n) is 4.76. The molecule has 1 fully saturated rings. The average molecular weight is 514 g/mol. The average Bonchev–Trinajstić information content (AvgIpc) is 2.88. The fourth-order valence-corrected chi connectivity index (χ4v) is 5.07. The van der Waals surface area contributed by atoms with Crippen molar-refractivity contribution in [3.63, 3.8) is 0 Å². The van der Waals surface area contributed by atoms with Crippen LogP contribution < -0.4 is 5.32 Å². The highest BCUT2D eigenvalue weighted by molar-refractivity contribution is 6.34. The zero-order chi connectivity index (χ0) is 25.7. The molecule has 1 unspecified atom stereocenters. The Labute approximate surface area is 213 Å². The number of pyridine rings is 1. The lowest BCUT2D eigenvalue weighted by atomic mass is 9.89. The van der Waals surface area contributed by atoms with Crippen LogP contribution in [0.1, 0.15) is 46.9 Å². The lowest BCUT2D eigenvalue weighted by Crippen LogP contribution is -2.49. The Hall–Kier alpha value is -3.16. The second kappa shape index (κ2) is 11.3. The highest BCUT2D eigenvalue weighted by Gasteiger charge is 2.37. The summed E-state index contributed by atoms with van der Waals surface area (Å²) in [7, 11) is 0. The van der Waals surface area contributed by atoms with Gasteiger partial charge in [0.05, 0.1) is 16.6 Å². The number of benzene rings is 2. The van der Waals surface area contributed by atoms with Crippen LogP contribution in [0.2, 0.25) is 5.02 Å². The van der Waals surface area contributed by atoms with Gasteiger partial charge >= 0.3 is 6.18 Å². The van der Waals surface area contributed by atoms with Crippen LogP contribution in [0.4, 0.5) is 13.2 Å². The minimum atomic E-state index is -4.69. The van der Waals surface area contributed by atoms with Crippen LogP contribution in [-0.2, 0) is 6.18 Å². The van der Waals surface area contributed by atoms with Crippen LogP contribution in [0.15, 0.2) is 79.5 Å². The third-order valence-electron chi connectivity index (χ3n) is 6.46. The van der Waals surface area contributed by atoms with Gasteiger partial charge in [-0.05, 0) is 48.2 Å². The maximum Gasteiger partial charge on any atom is 0.417 e. The molecule has 1 N–H and O–H groups in total. The van der Waals surface area contributed by atoms with E-state index in [1.165, 1.54) is 0 Å². The van der Waals surface area contributed by atoms with Crippen LogP contribution in [0, 0.1) is 0 Å². The van der Waals surface area contributed by atoms with E-state index in [2.05, 4.69) is 21.8 Å². The minimum absolute atomic E-state index is 0.0729. The Balaban J connectivity index is 1.73. The van der Waals surface area contributed by atoms with E-state index in [0.29, 0.717) is 6.54 Å². The number of piperidine rings is 1. The summed E-state index contributed by atoms with van der Waals surface area (Å²) in [6.45, 7) is 5.34. The fraction of sp³-hybridized carbons (Fsp3) is 0.286. The molecule has 4 nitrogen and oxygen atoms in total. The molecular weight excluding hydrogens is 487 g/mol. The zero-order valence-corrected chi connectivity index (χ0v) is 20.4. The number of nitrogens with one attached hydrogen (secondary N) is 1. The molecule has 1 saturated heterocycles. The number of carbonyl (C=O) groups is 1. The van der Waals surface area contributed by atoms with Gasteiger partial charge in [-0.3, -0.25) is 9.69 Å². The van der Waals surface area contributed by atoms with Crippen molar-refractivity contribution < 1.29 is 18.0 Å². The molecule has 0 spiro atoms. The van der Waals surface area contributed by atoms with Gasteiger partial charge in [0.15, 0.2) is 0 Å². The summed E-state index contributed by atoms with van der Waals surface area (Å²) in [5, 5.41) is 2.27. The van der Waals surface area contributed by atoms with Gasteiger partial charge in [0, 0.05) is 18.8 Å².